The Bertz CT molecular complexity index is 409. The van der Waals surface area contributed by atoms with Gasteiger partial charge in [0, 0.05) is 13.1 Å². The van der Waals surface area contributed by atoms with Gasteiger partial charge in [0.2, 0.25) is 5.91 Å². The molecule has 0 bridgehead atoms. The summed E-state index contributed by atoms with van der Waals surface area (Å²) < 4.78 is 0. The van der Waals surface area contributed by atoms with E-state index < -0.39 is 48.7 Å². The van der Waals surface area contributed by atoms with Crippen LogP contribution in [0.4, 0.5) is 0 Å². The number of carbonyl (C=O) groups is 4. The van der Waals surface area contributed by atoms with Gasteiger partial charge in [-0.15, -0.1) is 0 Å². The van der Waals surface area contributed by atoms with Crippen molar-refractivity contribution in [1.29, 1.82) is 0 Å². The van der Waals surface area contributed by atoms with Crippen LogP contribution in [0.15, 0.2) is 0 Å². The van der Waals surface area contributed by atoms with E-state index in [1.54, 1.807) is 0 Å². The molecule has 0 aromatic heterocycles. The zero-order valence-electron chi connectivity index (χ0n) is 9.90. The van der Waals surface area contributed by atoms with E-state index in [2.05, 4.69) is 5.32 Å². The number of carbonyl (C=O) groups excluding carboxylic acids is 1. The summed E-state index contributed by atoms with van der Waals surface area (Å²) in [4.78, 5) is 45.0. The van der Waals surface area contributed by atoms with Crippen LogP contribution in [0.1, 0.15) is 12.8 Å². The van der Waals surface area contributed by atoms with Gasteiger partial charge in [-0.2, -0.15) is 0 Å². The third kappa shape index (κ3) is 3.91. The molecule has 1 rings (SSSR count). The van der Waals surface area contributed by atoms with Gasteiger partial charge in [0.1, 0.15) is 6.04 Å². The summed E-state index contributed by atoms with van der Waals surface area (Å²) in [6.45, 7) is 0.242. The van der Waals surface area contributed by atoms with Crippen molar-refractivity contribution in [3.8, 4) is 0 Å². The molecule has 1 aliphatic rings. The Labute approximate surface area is 107 Å². The van der Waals surface area contributed by atoms with E-state index in [-0.39, 0.29) is 13.1 Å². The van der Waals surface area contributed by atoms with Gasteiger partial charge < -0.3 is 25.5 Å². The molecule has 0 radical (unpaired) electrons. The number of piperazine rings is 1. The molecule has 0 saturated carbocycles. The minimum Gasteiger partial charge on any atom is -0.481 e. The number of carboxylic acid groups (broad SMARTS) is 3. The molecule has 1 aliphatic heterocycles. The average molecular weight is 274 g/mol. The highest BCUT2D eigenvalue weighted by atomic mass is 16.4. The van der Waals surface area contributed by atoms with Gasteiger partial charge in [-0.3, -0.25) is 14.4 Å². The molecule has 0 aromatic carbocycles. The first kappa shape index (κ1) is 14.9. The first-order valence-corrected chi connectivity index (χ1v) is 5.53. The molecule has 1 fully saturated rings. The smallest absolute Gasteiger partial charge is 0.327 e. The number of carboxylic acids is 3. The first-order chi connectivity index (χ1) is 8.82. The highest BCUT2D eigenvalue weighted by Gasteiger charge is 2.38. The molecular weight excluding hydrogens is 260 g/mol. The van der Waals surface area contributed by atoms with E-state index >= 15 is 0 Å². The lowest BCUT2D eigenvalue weighted by Crippen LogP contribution is -2.60. The summed E-state index contributed by atoms with van der Waals surface area (Å²) in [5.74, 6) is -4.67. The molecule has 1 saturated heterocycles. The maximum Gasteiger partial charge on any atom is 0.327 e. The van der Waals surface area contributed by atoms with Crippen molar-refractivity contribution in [1.82, 2.24) is 10.2 Å². The number of rotatable bonds is 6. The van der Waals surface area contributed by atoms with Gasteiger partial charge in [0.05, 0.1) is 18.9 Å². The Morgan fingerprint density at radius 2 is 1.89 bits per heavy atom. The summed E-state index contributed by atoms with van der Waals surface area (Å²) in [6, 6.07) is -2.51. The van der Waals surface area contributed by atoms with E-state index in [1.807, 2.05) is 0 Å². The zero-order valence-corrected chi connectivity index (χ0v) is 9.90. The normalized spacial score (nSPS) is 20.9. The fourth-order valence-electron chi connectivity index (χ4n) is 1.90. The Hall–Kier alpha value is -2.16. The molecule has 1 amide bonds. The minimum absolute atomic E-state index is 0.0270. The van der Waals surface area contributed by atoms with Gasteiger partial charge in [0.25, 0.3) is 0 Å². The van der Waals surface area contributed by atoms with Crippen LogP contribution < -0.4 is 5.32 Å². The van der Waals surface area contributed by atoms with Crippen LogP contribution in [0.5, 0.6) is 0 Å². The van der Waals surface area contributed by atoms with Crippen LogP contribution in [-0.4, -0.2) is 69.2 Å². The lowest BCUT2D eigenvalue weighted by atomic mass is 10.1. The van der Waals surface area contributed by atoms with E-state index in [1.165, 1.54) is 0 Å². The number of nitrogens with zero attached hydrogens (tertiary/aromatic N) is 1. The Balaban J connectivity index is 2.84. The molecule has 4 N–H and O–H groups in total. The van der Waals surface area contributed by atoms with Crippen LogP contribution in [-0.2, 0) is 19.2 Å². The molecule has 0 spiro atoms. The van der Waals surface area contributed by atoms with Gasteiger partial charge >= 0.3 is 17.9 Å². The van der Waals surface area contributed by atoms with Crippen LogP contribution in [0.25, 0.3) is 0 Å². The Morgan fingerprint density at radius 1 is 1.26 bits per heavy atom. The van der Waals surface area contributed by atoms with Crippen molar-refractivity contribution in [2.24, 2.45) is 0 Å². The molecular formula is C10H14N2O7. The first-order valence-electron chi connectivity index (χ1n) is 5.53. The summed E-state index contributed by atoms with van der Waals surface area (Å²) in [6.07, 6.45) is -1.20. The van der Waals surface area contributed by atoms with Crippen molar-refractivity contribution < 1.29 is 34.5 Å². The maximum atomic E-state index is 11.9. The lowest BCUT2D eigenvalue weighted by Gasteiger charge is -2.35. The molecule has 9 heteroatoms. The summed E-state index contributed by atoms with van der Waals surface area (Å²) in [5.41, 5.74) is 0. The van der Waals surface area contributed by atoms with E-state index in [9.17, 15) is 19.2 Å². The maximum absolute atomic E-state index is 11.9. The summed E-state index contributed by atoms with van der Waals surface area (Å²) in [5, 5.41) is 28.9. The zero-order chi connectivity index (χ0) is 14.6. The summed E-state index contributed by atoms with van der Waals surface area (Å²) >= 11 is 0. The van der Waals surface area contributed by atoms with Crippen molar-refractivity contribution in [3.63, 3.8) is 0 Å². The SMILES string of the molecule is O=C(O)CC1NCCN(C(CC(=O)O)C(=O)O)C1=O. The van der Waals surface area contributed by atoms with Crippen molar-refractivity contribution >= 4 is 23.8 Å². The molecule has 2 unspecified atom stereocenters. The number of aliphatic carboxylic acids is 3. The predicted molar refractivity (Wildman–Crippen MR) is 59.4 cm³/mol. The predicted octanol–water partition coefficient (Wildman–Crippen LogP) is -1.81. The fraction of sp³-hybridized carbons (Fsp3) is 0.600. The molecule has 0 aromatic rings. The van der Waals surface area contributed by atoms with E-state index in [4.69, 9.17) is 15.3 Å². The molecule has 2 atom stereocenters. The molecule has 0 aliphatic carbocycles. The molecule has 9 nitrogen and oxygen atoms in total. The third-order valence-electron chi connectivity index (χ3n) is 2.73. The lowest BCUT2D eigenvalue weighted by molar-refractivity contribution is -0.157. The van der Waals surface area contributed by atoms with Crippen LogP contribution in [0.3, 0.4) is 0 Å². The van der Waals surface area contributed by atoms with Crippen LogP contribution in [0.2, 0.25) is 0 Å². The largest absolute Gasteiger partial charge is 0.481 e. The van der Waals surface area contributed by atoms with Gasteiger partial charge in [-0.05, 0) is 0 Å². The second-order valence-corrected chi connectivity index (χ2v) is 4.09. The highest BCUT2D eigenvalue weighted by molar-refractivity contribution is 5.91. The fourth-order valence-corrected chi connectivity index (χ4v) is 1.90. The second kappa shape index (κ2) is 6.14. The number of hydrogen-bond donors (Lipinski definition) is 4. The quantitative estimate of drug-likeness (QED) is 0.443. The Morgan fingerprint density at radius 3 is 2.37 bits per heavy atom. The highest BCUT2D eigenvalue weighted by Crippen LogP contribution is 2.12. The number of hydrogen-bond acceptors (Lipinski definition) is 5. The number of nitrogens with one attached hydrogen (secondary N) is 1. The van der Waals surface area contributed by atoms with E-state index in [0.717, 1.165) is 4.90 Å². The van der Waals surface area contributed by atoms with Crippen molar-refractivity contribution in [2.75, 3.05) is 13.1 Å². The van der Waals surface area contributed by atoms with Gasteiger partial charge in [0.15, 0.2) is 0 Å². The monoisotopic (exact) mass is 274 g/mol. The topological polar surface area (TPSA) is 144 Å². The molecule has 106 valence electrons. The summed E-state index contributed by atoms with van der Waals surface area (Å²) in [7, 11) is 0. The van der Waals surface area contributed by atoms with Crippen molar-refractivity contribution in [3.05, 3.63) is 0 Å². The third-order valence-corrected chi connectivity index (χ3v) is 2.73. The van der Waals surface area contributed by atoms with Crippen molar-refractivity contribution in [2.45, 2.75) is 24.9 Å². The standard InChI is InChI=1S/C10H14N2O7/c13-7(14)3-5-9(17)12(2-1-11-5)6(10(18)19)4-8(15)16/h5-6,11H,1-4H2,(H,13,14)(H,15,16)(H,18,19). The molecule has 19 heavy (non-hydrogen) atoms. The second-order valence-electron chi connectivity index (χ2n) is 4.09. The molecule has 1 heterocycles. The Kier molecular flexibility index (Phi) is 4.81. The van der Waals surface area contributed by atoms with Gasteiger partial charge in [-0.25, -0.2) is 4.79 Å². The number of amides is 1. The van der Waals surface area contributed by atoms with Gasteiger partial charge in [-0.1, -0.05) is 0 Å². The van der Waals surface area contributed by atoms with E-state index in [0.29, 0.717) is 0 Å². The average Bonchev–Trinajstić information content (AvgIpc) is 2.28. The minimum atomic E-state index is -1.48. The van der Waals surface area contributed by atoms with Crippen LogP contribution >= 0.6 is 0 Å². The van der Waals surface area contributed by atoms with Crippen LogP contribution in [0, 0.1) is 0 Å².